The SMILES string of the molecule is CC(O)Cc1cc(CCCC2CC2)cc(CCCC2CC2)c1O. The minimum absolute atomic E-state index is 0.401. The van der Waals surface area contributed by atoms with Gasteiger partial charge in [0.15, 0.2) is 0 Å². The summed E-state index contributed by atoms with van der Waals surface area (Å²) in [5, 5.41) is 20.3. The monoisotopic (exact) mass is 316 g/mol. The van der Waals surface area contributed by atoms with E-state index in [1.165, 1.54) is 56.9 Å². The maximum atomic E-state index is 10.6. The molecule has 0 radical (unpaired) electrons. The van der Waals surface area contributed by atoms with Crippen molar-refractivity contribution in [3.8, 4) is 5.75 Å². The number of aliphatic hydroxyl groups excluding tert-OH is 1. The molecule has 3 rings (SSSR count). The van der Waals surface area contributed by atoms with Crippen molar-refractivity contribution in [1.82, 2.24) is 0 Å². The molecule has 2 heteroatoms. The summed E-state index contributed by atoms with van der Waals surface area (Å²) >= 11 is 0. The van der Waals surface area contributed by atoms with E-state index in [0.29, 0.717) is 12.2 Å². The molecule has 2 saturated carbocycles. The van der Waals surface area contributed by atoms with Crippen molar-refractivity contribution in [2.24, 2.45) is 11.8 Å². The van der Waals surface area contributed by atoms with Crippen molar-refractivity contribution in [3.05, 3.63) is 28.8 Å². The van der Waals surface area contributed by atoms with Gasteiger partial charge >= 0.3 is 0 Å². The Morgan fingerprint density at radius 2 is 1.52 bits per heavy atom. The quantitative estimate of drug-likeness (QED) is 0.652. The molecular weight excluding hydrogens is 284 g/mol. The minimum Gasteiger partial charge on any atom is -0.507 e. The van der Waals surface area contributed by atoms with E-state index in [1.807, 2.05) is 0 Å². The number of hydrogen-bond donors (Lipinski definition) is 2. The zero-order chi connectivity index (χ0) is 16.2. The molecule has 0 saturated heterocycles. The number of phenols is 1. The Balaban J connectivity index is 1.64. The van der Waals surface area contributed by atoms with Crippen LogP contribution in [-0.2, 0) is 19.3 Å². The lowest BCUT2D eigenvalue weighted by atomic mass is 9.94. The standard InChI is InChI=1S/C21H32O2/c1-15(22)12-20-14-18(6-2-4-16-8-9-16)13-19(21(20)23)7-3-5-17-10-11-17/h13-17,22-23H,2-12H2,1H3. The largest absolute Gasteiger partial charge is 0.507 e. The predicted octanol–water partition coefficient (Wildman–Crippen LogP) is 4.78. The highest BCUT2D eigenvalue weighted by Gasteiger charge is 2.22. The molecule has 1 aromatic carbocycles. The lowest BCUT2D eigenvalue weighted by Crippen LogP contribution is -2.06. The van der Waals surface area contributed by atoms with E-state index in [9.17, 15) is 10.2 Å². The normalized spacial score (nSPS) is 19.0. The van der Waals surface area contributed by atoms with Gasteiger partial charge in [0.05, 0.1) is 6.10 Å². The number of aliphatic hydroxyl groups is 1. The topological polar surface area (TPSA) is 40.5 Å². The van der Waals surface area contributed by atoms with E-state index in [-0.39, 0.29) is 0 Å². The van der Waals surface area contributed by atoms with Crippen LogP contribution in [0.15, 0.2) is 12.1 Å². The molecule has 0 bridgehead atoms. The Bertz CT molecular complexity index is 513. The zero-order valence-corrected chi connectivity index (χ0v) is 14.6. The number of phenolic OH excluding ortho intramolecular Hbond substituents is 1. The Morgan fingerprint density at radius 1 is 0.957 bits per heavy atom. The van der Waals surface area contributed by atoms with Crippen LogP contribution in [0.2, 0.25) is 0 Å². The third-order valence-corrected chi connectivity index (χ3v) is 5.37. The average Bonchev–Trinajstić information content (AvgIpc) is 3.37. The number of hydrogen-bond acceptors (Lipinski definition) is 2. The van der Waals surface area contributed by atoms with Gasteiger partial charge in [-0.2, -0.15) is 0 Å². The molecule has 0 spiro atoms. The highest BCUT2D eigenvalue weighted by molar-refractivity contribution is 5.44. The number of rotatable bonds is 10. The third-order valence-electron chi connectivity index (χ3n) is 5.37. The molecule has 2 nitrogen and oxygen atoms in total. The van der Waals surface area contributed by atoms with Gasteiger partial charge in [-0.05, 0) is 61.1 Å². The van der Waals surface area contributed by atoms with Gasteiger partial charge in [-0.15, -0.1) is 0 Å². The first-order chi connectivity index (χ1) is 11.1. The van der Waals surface area contributed by atoms with Gasteiger partial charge in [0.25, 0.3) is 0 Å². The fourth-order valence-electron chi connectivity index (χ4n) is 3.63. The summed E-state index contributed by atoms with van der Waals surface area (Å²) < 4.78 is 0. The molecule has 128 valence electrons. The van der Waals surface area contributed by atoms with Crippen LogP contribution in [0.1, 0.15) is 75.0 Å². The lowest BCUT2D eigenvalue weighted by molar-refractivity contribution is 0.194. The summed E-state index contributed by atoms with van der Waals surface area (Å²) in [6.45, 7) is 1.80. The molecule has 1 unspecified atom stereocenters. The maximum Gasteiger partial charge on any atom is 0.122 e. The minimum atomic E-state index is -0.401. The predicted molar refractivity (Wildman–Crippen MR) is 94.8 cm³/mol. The Kier molecular flexibility index (Phi) is 5.63. The summed E-state index contributed by atoms with van der Waals surface area (Å²) in [7, 11) is 0. The fourth-order valence-corrected chi connectivity index (χ4v) is 3.63. The molecule has 2 N–H and O–H groups in total. The smallest absolute Gasteiger partial charge is 0.122 e. The van der Waals surface area contributed by atoms with Crippen LogP contribution >= 0.6 is 0 Å². The maximum absolute atomic E-state index is 10.6. The highest BCUT2D eigenvalue weighted by atomic mass is 16.3. The van der Waals surface area contributed by atoms with Crippen molar-refractivity contribution < 1.29 is 10.2 Å². The molecule has 23 heavy (non-hydrogen) atoms. The first kappa shape index (κ1) is 16.8. The van der Waals surface area contributed by atoms with E-state index in [0.717, 1.165) is 35.8 Å². The Labute approximate surface area is 140 Å². The summed E-state index contributed by atoms with van der Waals surface area (Å²) in [6, 6.07) is 4.35. The summed E-state index contributed by atoms with van der Waals surface area (Å²) in [6.07, 6.45) is 13.0. The molecule has 0 aliphatic heterocycles. The van der Waals surface area contributed by atoms with Gasteiger partial charge in [0.2, 0.25) is 0 Å². The van der Waals surface area contributed by atoms with E-state index in [2.05, 4.69) is 12.1 Å². The molecule has 2 fully saturated rings. The van der Waals surface area contributed by atoms with Gasteiger partial charge in [-0.25, -0.2) is 0 Å². The van der Waals surface area contributed by atoms with Crippen molar-refractivity contribution in [1.29, 1.82) is 0 Å². The summed E-state index contributed by atoms with van der Waals surface area (Å²) in [4.78, 5) is 0. The molecule has 1 atom stereocenters. The lowest BCUT2D eigenvalue weighted by Gasteiger charge is -2.14. The van der Waals surface area contributed by atoms with Crippen molar-refractivity contribution >= 4 is 0 Å². The molecule has 2 aliphatic rings. The fraction of sp³-hybridized carbons (Fsp3) is 0.714. The van der Waals surface area contributed by atoms with Gasteiger partial charge in [0.1, 0.15) is 5.75 Å². The van der Waals surface area contributed by atoms with E-state index in [4.69, 9.17) is 0 Å². The van der Waals surface area contributed by atoms with Crippen LogP contribution in [-0.4, -0.2) is 16.3 Å². The first-order valence-electron chi connectivity index (χ1n) is 9.63. The molecular formula is C21H32O2. The van der Waals surface area contributed by atoms with Crippen LogP contribution in [0.5, 0.6) is 5.75 Å². The van der Waals surface area contributed by atoms with Crippen LogP contribution in [0.3, 0.4) is 0 Å². The van der Waals surface area contributed by atoms with Crippen LogP contribution < -0.4 is 0 Å². The molecule has 0 amide bonds. The average molecular weight is 316 g/mol. The number of aromatic hydroxyl groups is 1. The number of benzene rings is 1. The van der Waals surface area contributed by atoms with Gasteiger partial charge in [-0.1, -0.05) is 50.7 Å². The molecule has 2 aliphatic carbocycles. The summed E-state index contributed by atoms with van der Waals surface area (Å²) in [5.74, 6) is 2.38. The second-order valence-electron chi connectivity index (χ2n) is 7.99. The molecule has 0 aromatic heterocycles. The van der Waals surface area contributed by atoms with E-state index < -0.39 is 6.10 Å². The summed E-state index contributed by atoms with van der Waals surface area (Å²) in [5.41, 5.74) is 3.39. The van der Waals surface area contributed by atoms with Gasteiger partial charge in [0, 0.05) is 6.42 Å². The second-order valence-corrected chi connectivity index (χ2v) is 7.99. The van der Waals surface area contributed by atoms with E-state index >= 15 is 0 Å². The molecule has 0 heterocycles. The van der Waals surface area contributed by atoms with E-state index in [1.54, 1.807) is 6.92 Å². The second kappa shape index (κ2) is 7.70. The van der Waals surface area contributed by atoms with Crippen molar-refractivity contribution in [3.63, 3.8) is 0 Å². The zero-order valence-electron chi connectivity index (χ0n) is 14.6. The number of aryl methyl sites for hydroxylation is 2. The Hall–Kier alpha value is -1.02. The van der Waals surface area contributed by atoms with Crippen molar-refractivity contribution in [2.45, 2.75) is 83.7 Å². The van der Waals surface area contributed by atoms with Crippen LogP contribution in [0.4, 0.5) is 0 Å². The highest BCUT2D eigenvalue weighted by Crippen LogP contribution is 2.36. The van der Waals surface area contributed by atoms with Gasteiger partial charge < -0.3 is 10.2 Å². The Morgan fingerprint density at radius 3 is 2.09 bits per heavy atom. The van der Waals surface area contributed by atoms with Gasteiger partial charge in [-0.3, -0.25) is 0 Å². The van der Waals surface area contributed by atoms with Crippen LogP contribution in [0, 0.1) is 11.8 Å². The molecule has 1 aromatic rings. The van der Waals surface area contributed by atoms with Crippen LogP contribution in [0.25, 0.3) is 0 Å². The van der Waals surface area contributed by atoms with Crippen molar-refractivity contribution in [2.75, 3.05) is 0 Å². The first-order valence-corrected chi connectivity index (χ1v) is 9.63. The third kappa shape index (κ3) is 5.53.